The van der Waals surface area contributed by atoms with Crippen molar-refractivity contribution >= 4 is 11.5 Å². The highest BCUT2D eigenvalue weighted by Crippen LogP contribution is 2.28. The van der Waals surface area contributed by atoms with Gasteiger partial charge in [-0.1, -0.05) is 5.16 Å². The highest BCUT2D eigenvalue weighted by molar-refractivity contribution is 6.02. The molecule has 110 valence electrons. The van der Waals surface area contributed by atoms with Gasteiger partial charge in [0, 0.05) is 24.7 Å². The van der Waals surface area contributed by atoms with Crippen LogP contribution in [0.4, 0.5) is 5.69 Å². The lowest BCUT2D eigenvalue weighted by molar-refractivity contribution is 0.318. The molecule has 2 heterocycles. The Morgan fingerprint density at radius 1 is 1.43 bits per heavy atom. The number of aromatic nitrogens is 3. The summed E-state index contributed by atoms with van der Waals surface area (Å²) in [6, 6.07) is 5.44. The van der Waals surface area contributed by atoms with Gasteiger partial charge in [-0.05, 0) is 12.1 Å². The highest BCUT2D eigenvalue weighted by Gasteiger charge is 2.21. The first-order valence-corrected chi connectivity index (χ1v) is 6.50. The minimum atomic E-state index is 0.0692. The maximum absolute atomic E-state index is 8.95. The van der Waals surface area contributed by atoms with Crippen LogP contribution in [0.2, 0.25) is 0 Å². The molecule has 0 bridgehead atoms. The summed E-state index contributed by atoms with van der Waals surface area (Å²) in [4.78, 5) is 2.11. The molecule has 1 aliphatic rings. The smallest absolute Gasteiger partial charge is 0.172 e. The van der Waals surface area contributed by atoms with Crippen molar-refractivity contribution in [2.24, 2.45) is 10.9 Å². The van der Waals surface area contributed by atoms with E-state index in [1.165, 1.54) is 0 Å². The molecule has 21 heavy (non-hydrogen) atoms. The molecule has 3 rings (SSSR count). The highest BCUT2D eigenvalue weighted by atomic mass is 16.5. The molecule has 1 aromatic heterocycles. The SMILES string of the molecule is COc1ccc(/C(N)=N/O)c(N2CCn3cnnc3C2)c1. The first-order chi connectivity index (χ1) is 10.2. The number of ether oxygens (including phenoxy) is 1. The molecule has 0 unspecified atom stereocenters. The van der Waals surface area contributed by atoms with Gasteiger partial charge in [0.1, 0.15) is 12.1 Å². The zero-order valence-corrected chi connectivity index (χ0v) is 11.6. The Labute approximate surface area is 121 Å². The number of methoxy groups -OCH3 is 1. The zero-order chi connectivity index (χ0) is 14.8. The van der Waals surface area contributed by atoms with Crippen molar-refractivity contribution in [3.05, 3.63) is 35.9 Å². The Kier molecular flexibility index (Phi) is 3.35. The molecular weight excluding hydrogens is 272 g/mol. The number of anilines is 1. The quantitative estimate of drug-likeness (QED) is 0.367. The predicted molar refractivity (Wildman–Crippen MR) is 76.6 cm³/mol. The number of hydrogen-bond acceptors (Lipinski definition) is 6. The van der Waals surface area contributed by atoms with E-state index in [2.05, 4.69) is 20.3 Å². The van der Waals surface area contributed by atoms with Crippen LogP contribution in [0.25, 0.3) is 0 Å². The van der Waals surface area contributed by atoms with Crippen molar-refractivity contribution in [3.63, 3.8) is 0 Å². The van der Waals surface area contributed by atoms with E-state index in [0.717, 1.165) is 24.6 Å². The van der Waals surface area contributed by atoms with Crippen LogP contribution >= 0.6 is 0 Å². The number of benzene rings is 1. The van der Waals surface area contributed by atoms with Crippen molar-refractivity contribution in [3.8, 4) is 5.75 Å². The Hall–Kier alpha value is -2.77. The number of amidine groups is 1. The Morgan fingerprint density at radius 3 is 3.05 bits per heavy atom. The Morgan fingerprint density at radius 2 is 2.29 bits per heavy atom. The molecule has 0 atom stereocenters. The van der Waals surface area contributed by atoms with Gasteiger partial charge in [0.2, 0.25) is 0 Å². The van der Waals surface area contributed by atoms with E-state index < -0.39 is 0 Å². The standard InChI is InChI=1S/C13H16N6O2/c1-21-9-2-3-10(13(14)17-20)11(6-9)18-4-5-19-8-15-16-12(19)7-18/h2-3,6,8,20H,4-5,7H2,1H3,(H2,14,17). The normalized spacial score (nSPS) is 14.9. The molecule has 0 radical (unpaired) electrons. The summed E-state index contributed by atoms with van der Waals surface area (Å²) < 4.78 is 7.28. The van der Waals surface area contributed by atoms with Crippen molar-refractivity contribution in [1.29, 1.82) is 0 Å². The lowest BCUT2D eigenvalue weighted by Gasteiger charge is -2.30. The van der Waals surface area contributed by atoms with Gasteiger partial charge in [-0.3, -0.25) is 0 Å². The van der Waals surface area contributed by atoms with E-state index in [1.807, 2.05) is 10.6 Å². The summed E-state index contributed by atoms with van der Waals surface area (Å²) in [6.45, 7) is 2.18. The summed E-state index contributed by atoms with van der Waals surface area (Å²) in [5, 5.41) is 20.1. The van der Waals surface area contributed by atoms with Crippen molar-refractivity contribution in [2.75, 3.05) is 18.6 Å². The molecule has 0 aliphatic carbocycles. The van der Waals surface area contributed by atoms with Crippen molar-refractivity contribution < 1.29 is 9.94 Å². The van der Waals surface area contributed by atoms with Gasteiger partial charge in [-0.25, -0.2) is 0 Å². The van der Waals surface area contributed by atoms with Gasteiger partial charge in [0.05, 0.1) is 19.3 Å². The summed E-state index contributed by atoms with van der Waals surface area (Å²) in [7, 11) is 1.61. The molecule has 8 heteroatoms. The van der Waals surface area contributed by atoms with Crippen LogP contribution in [-0.2, 0) is 13.1 Å². The van der Waals surface area contributed by atoms with E-state index in [0.29, 0.717) is 17.9 Å². The van der Waals surface area contributed by atoms with Crippen LogP contribution in [0.1, 0.15) is 11.4 Å². The van der Waals surface area contributed by atoms with E-state index in [1.54, 1.807) is 25.6 Å². The lowest BCUT2D eigenvalue weighted by atomic mass is 10.1. The number of nitrogens with zero attached hydrogens (tertiary/aromatic N) is 5. The van der Waals surface area contributed by atoms with Crippen LogP contribution in [-0.4, -0.2) is 39.5 Å². The summed E-state index contributed by atoms with van der Waals surface area (Å²) in [6.07, 6.45) is 1.72. The predicted octanol–water partition coefficient (Wildman–Crippen LogP) is 0.401. The molecule has 0 spiro atoms. The molecule has 3 N–H and O–H groups in total. The minimum absolute atomic E-state index is 0.0692. The minimum Gasteiger partial charge on any atom is -0.497 e. The summed E-state index contributed by atoms with van der Waals surface area (Å²) in [5.41, 5.74) is 7.27. The average Bonchev–Trinajstić information content (AvgIpc) is 3.01. The van der Waals surface area contributed by atoms with Gasteiger partial charge in [-0.2, -0.15) is 0 Å². The third-order valence-corrected chi connectivity index (χ3v) is 3.57. The molecule has 0 saturated carbocycles. The second kappa shape index (κ2) is 5.31. The Balaban J connectivity index is 2.01. The molecule has 2 aromatic rings. The van der Waals surface area contributed by atoms with Crippen molar-refractivity contribution in [1.82, 2.24) is 14.8 Å². The zero-order valence-electron chi connectivity index (χ0n) is 11.6. The third kappa shape index (κ3) is 2.35. The summed E-state index contributed by atoms with van der Waals surface area (Å²) in [5.74, 6) is 1.67. The second-order valence-corrected chi connectivity index (χ2v) is 4.73. The van der Waals surface area contributed by atoms with E-state index in [9.17, 15) is 0 Å². The molecule has 0 amide bonds. The van der Waals surface area contributed by atoms with Crippen LogP contribution in [0.3, 0.4) is 0 Å². The van der Waals surface area contributed by atoms with Crippen LogP contribution in [0.5, 0.6) is 5.75 Å². The fourth-order valence-electron chi connectivity index (χ4n) is 2.44. The van der Waals surface area contributed by atoms with Crippen LogP contribution < -0.4 is 15.4 Å². The molecule has 0 fully saturated rings. The number of oxime groups is 1. The van der Waals surface area contributed by atoms with Crippen LogP contribution in [0.15, 0.2) is 29.7 Å². The van der Waals surface area contributed by atoms with Crippen molar-refractivity contribution in [2.45, 2.75) is 13.1 Å². The van der Waals surface area contributed by atoms with Gasteiger partial charge < -0.3 is 25.1 Å². The van der Waals surface area contributed by atoms with Gasteiger partial charge in [-0.15, -0.1) is 10.2 Å². The van der Waals surface area contributed by atoms with Gasteiger partial charge in [0.25, 0.3) is 0 Å². The number of fused-ring (bicyclic) bond motifs is 1. The topological polar surface area (TPSA) is 102 Å². The molecule has 0 saturated heterocycles. The average molecular weight is 288 g/mol. The first kappa shape index (κ1) is 13.2. The number of rotatable bonds is 3. The Bertz CT molecular complexity index is 681. The fraction of sp³-hybridized carbons (Fsp3) is 0.308. The van der Waals surface area contributed by atoms with Gasteiger partial charge in [0.15, 0.2) is 11.7 Å². The maximum atomic E-state index is 8.95. The number of hydrogen-bond donors (Lipinski definition) is 2. The van der Waals surface area contributed by atoms with E-state index in [-0.39, 0.29) is 5.84 Å². The summed E-state index contributed by atoms with van der Waals surface area (Å²) >= 11 is 0. The first-order valence-electron chi connectivity index (χ1n) is 6.50. The number of nitrogens with two attached hydrogens (primary N) is 1. The third-order valence-electron chi connectivity index (χ3n) is 3.57. The molecule has 1 aliphatic heterocycles. The second-order valence-electron chi connectivity index (χ2n) is 4.73. The largest absolute Gasteiger partial charge is 0.497 e. The molecule has 1 aromatic carbocycles. The van der Waals surface area contributed by atoms with E-state index in [4.69, 9.17) is 15.7 Å². The molecular formula is C13H16N6O2. The maximum Gasteiger partial charge on any atom is 0.172 e. The molecule has 8 nitrogen and oxygen atoms in total. The van der Waals surface area contributed by atoms with Gasteiger partial charge >= 0.3 is 0 Å². The monoisotopic (exact) mass is 288 g/mol. The lowest BCUT2D eigenvalue weighted by Crippen LogP contribution is -2.35. The van der Waals surface area contributed by atoms with E-state index >= 15 is 0 Å². The fourth-order valence-corrected chi connectivity index (χ4v) is 2.44. The van der Waals surface area contributed by atoms with Crippen LogP contribution in [0, 0.1) is 0 Å².